The molecule has 0 saturated heterocycles. The second kappa shape index (κ2) is 7.78. The lowest BCUT2D eigenvalue weighted by Gasteiger charge is -2.08. The van der Waals surface area contributed by atoms with Crippen LogP contribution < -0.4 is 10.7 Å². The molecular weight excluding hydrogens is 358 g/mol. The van der Waals surface area contributed by atoms with Crippen molar-refractivity contribution in [3.8, 4) is 5.75 Å². The van der Waals surface area contributed by atoms with Crippen molar-refractivity contribution in [3.05, 3.63) is 57.6 Å². The van der Waals surface area contributed by atoms with Gasteiger partial charge in [0.15, 0.2) is 0 Å². The van der Waals surface area contributed by atoms with Crippen LogP contribution in [0.2, 0.25) is 0 Å². The van der Waals surface area contributed by atoms with Gasteiger partial charge >= 0.3 is 0 Å². The van der Waals surface area contributed by atoms with Gasteiger partial charge in [0.05, 0.1) is 17.2 Å². The number of para-hydroxylation sites is 1. The third kappa shape index (κ3) is 4.82. The molecule has 3 N–H and O–H groups in total. The Morgan fingerprint density at radius 3 is 2.70 bits per heavy atom. The molecule has 1 amide bonds. The molecule has 2 aromatic rings. The average Bonchev–Trinajstić information content (AvgIpc) is 2.52. The molecule has 6 heteroatoms. The maximum atomic E-state index is 11.8. The first-order valence-corrected chi connectivity index (χ1v) is 7.87. The van der Waals surface area contributed by atoms with Gasteiger partial charge in [-0.05, 0) is 64.7 Å². The maximum absolute atomic E-state index is 11.8. The molecule has 0 heterocycles. The van der Waals surface area contributed by atoms with Crippen LogP contribution in [-0.2, 0) is 4.79 Å². The predicted octanol–water partition coefficient (Wildman–Crippen LogP) is 3.33. The van der Waals surface area contributed by atoms with Crippen molar-refractivity contribution in [2.75, 3.05) is 11.9 Å². The molecule has 2 rings (SSSR count). The maximum Gasteiger partial charge on any atom is 0.259 e. The van der Waals surface area contributed by atoms with Gasteiger partial charge in [-0.1, -0.05) is 18.2 Å². The Labute approximate surface area is 143 Å². The lowest BCUT2D eigenvalue weighted by atomic mass is 10.1. The fourth-order valence-electron chi connectivity index (χ4n) is 2.00. The van der Waals surface area contributed by atoms with E-state index in [1.807, 2.05) is 31.2 Å². The van der Waals surface area contributed by atoms with Gasteiger partial charge in [-0.2, -0.15) is 5.10 Å². The zero-order valence-electron chi connectivity index (χ0n) is 12.9. The van der Waals surface area contributed by atoms with Crippen LogP contribution in [0.3, 0.4) is 0 Å². The van der Waals surface area contributed by atoms with E-state index in [9.17, 15) is 9.90 Å². The number of phenolic OH excluding ortho intramolecular Hbond substituents is 1. The fraction of sp³-hybridized carbons (Fsp3) is 0.176. The molecule has 2 aromatic carbocycles. The molecule has 0 spiro atoms. The molecule has 0 aliphatic heterocycles. The van der Waals surface area contributed by atoms with E-state index in [0.29, 0.717) is 4.47 Å². The number of hydrogen-bond donors (Lipinski definition) is 3. The van der Waals surface area contributed by atoms with Crippen LogP contribution in [0.25, 0.3) is 0 Å². The number of carbonyl (C=O) groups excluding carboxylic acids is 1. The SMILES string of the molecule is Cc1ccccc1NCC(=O)N/N=C/c1cc(C)c(O)c(Br)c1. The van der Waals surface area contributed by atoms with Crippen molar-refractivity contribution in [1.29, 1.82) is 0 Å². The molecule has 0 unspecified atom stereocenters. The Kier molecular flexibility index (Phi) is 5.76. The van der Waals surface area contributed by atoms with Crippen molar-refractivity contribution in [2.45, 2.75) is 13.8 Å². The number of nitrogens with zero attached hydrogens (tertiary/aromatic N) is 1. The van der Waals surface area contributed by atoms with Gasteiger partial charge in [0.25, 0.3) is 5.91 Å². The Bertz CT molecular complexity index is 721. The van der Waals surface area contributed by atoms with E-state index in [-0.39, 0.29) is 18.2 Å². The van der Waals surface area contributed by atoms with E-state index < -0.39 is 0 Å². The van der Waals surface area contributed by atoms with Crippen molar-refractivity contribution >= 4 is 33.7 Å². The standard InChI is InChI=1S/C17H18BrN3O2/c1-11-5-3-4-6-15(11)19-10-16(22)21-20-9-13-7-12(2)17(23)14(18)8-13/h3-9,19,23H,10H2,1-2H3,(H,21,22)/b20-9+. The number of rotatable bonds is 5. The van der Waals surface area contributed by atoms with Gasteiger partial charge in [0.1, 0.15) is 5.75 Å². The highest BCUT2D eigenvalue weighted by molar-refractivity contribution is 9.10. The zero-order chi connectivity index (χ0) is 16.8. The number of hydrazone groups is 1. The summed E-state index contributed by atoms with van der Waals surface area (Å²) in [6, 6.07) is 11.3. The van der Waals surface area contributed by atoms with Crippen LogP contribution in [0, 0.1) is 13.8 Å². The van der Waals surface area contributed by atoms with Gasteiger partial charge in [-0.25, -0.2) is 5.43 Å². The van der Waals surface area contributed by atoms with E-state index in [1.165, 1.54) is 6.21 Å². The topological polar surface area (TPSA) is 73.7 Å². The van der Waals surface area contributed by atoms with E-state index in [0.717, 1.165) is 22.4 Å². The second-order valence-corrected chi connectivity index (χ2v) is 5.98. The number of benzene rings is 2. The van der Waals surface area contributed by atoms with Crippen molar-refractivity contribution in [1.82, 2.24) is 5.43 Å². The molecule has 0 fully saturated rings. The Morgan fingerprint density at radius 2 is 2.00 bits per heavy atom. The van der Waals surface area contributed by atoms with Crippen LogP contribution in [0.15, 0.2) is 46.0 Å². The number of carbonyl (C=O) groups is 1. The van der Waals surface area contributed by atoms with Gasteiger partial charge < -0.3 is 10.4 Å². The van der Waals surface area contributed by atoms with E-state index in [2.05, 4.69) is 31.8 Å². The quantitative estimate of drug-likeness (QED) is 0.554. The van der Waals surface area contributed by atoms with Crippen LogP contribution in [0.1, 0.15) is 16.7 Å². The van der Waals surface area contributed by atoms with Crippen LogP contribution in [-0.4, -0.2) is 23.8 Å². The van der Waals surface area contributed by atoms with E-state index >= 15 is 0 Å². The largest absolute Gasteiger partial charge is 0.506 e. The molecule has 0 atom stereocenters. The lowest BCUT2D eigenvalue weighted by Crippen LogP contribution is -2.26. The highest BCUT2D eigenvalue weighted by Crippen LogP contribution is 2.28. The smallest absolute Gasteiger partial charge is 0.259 e. The van der Waals surface area contributed by atoms with Crippen molar-refractivity contribution < 1.29 is 9.90 Å². The highest BCUT2D eigenvalue weighted by Gasteiger charge is 2.04. The van der Waals surface area contributed by atoms with E-state index in [4.69, 9.17) is 0 Å². The number of aryl methyl sites for hydroxylation is 2. The molecule has 0 aliphatic carbocycles. The van der Waals surface area contributed by atoms with Gasteiger partial charge in [-0.3, -0.25) is 4.79 Å². The minimum Gasteiger partial charge on any atom is -0.506 e. The first kappa shape index (κ1) is 17.0. The van der Waals surface area contributed by atoms with Gasteiger partial charge in [0, 0.05) is 5.69 Å². The number of nitrogens with one attached hydrogen (secondary N) is 2. The van der Waals surface area contributed by atoms with Crippen molar-refractivity contribution in [3.63, 3.8) is 0 Å². The number of phenols is 1. The summed E-state index contributed by atoms with van der Waals surface area (Å²) in [7, 11) is 0. The zero-order valence-corrected chi connectivity index (χ0v) is 14.5. The average molecular weight is 376 g/mol. The number of amides is 1. The molecule has 120 valence electrons. The molecule has 0 radical (unpaired) electrons. The summed E-state index contributed by atoms with van der Waals surface area (Å²) in [6.45, 7) is 3.91. The predicted molar refractivity (Wildman–Crippen MR) is 95.9 cm³/mol. The summed E-state index contributed by atoms with van der Waals surface area (Å²) < 4.78 is 0.589. The minimum atomic E-state index is -0.237. The Morgan fingerprint density at radius 1 is 1.26 bits per heavy atom. The van der Waals surface area contributed by atoms with Crippen molar-refractivity contribution in [2.24, 2.45) is 5.10 Å². The summed E-state index contributed by atoms with van der Waals surface area (Å²) in [5.41, 5.74) is 5.97. The van der Waals surface area contributed by atoms with Crippen LogP contribution in [0.5, 0.6) is 5.75 Å². The van der Waals surface area contributed by atoms with Gasteiger partial charge in [-0.15, -0.1) is 0 Å². The molecule has 23 heavy (non-hydrogen) atoms. The number of halogens is 1. The summed E-state index contributed by atoms with van der Waals surface area (Å²) >= 11 is 3.27. The minimum absolute atomic E-state index is 0.139. The molecule has 5 nitrogen and oxygen atoms in total. The Hall–Kier alpha value is -2.34. The summed E-state index contributed by atoms with van der Waals surface area (Å²) in [5, 5.41) is 16.7. The van der Waals surface area contributed by atoms with E-state index in [1.54, 1.807) is 19.1 Å². The first-order chi connectivity index (χ1) is 11.0. The first-order valence-electron chi connectivity index (χ1n) is 7.08. The normalized spacial score (nSPS) is 10.7. The summed E-state index contributed by atoms with van der Waals surface area (Å²) in [6.07, 6.45) is 1.53. The third-order valence-electron chi connectivity index (χ3n) is 3.26. The number of anilines is 1. The monoisotopic (exact) mass is 375 g/mol. The second-order valence-electron chi connectivity index (χ2n) is 5.13. The summed E-state index contributed by atoms with van der Waals surface area (Å²) in [5.74, 6) is -0.0346. The molecule has 0 bridgehead atoms. The lowest BCUT2D eigenvalue weighted by molar-refractivity contribution is -0.119. The molecule has 0 aliphatic rings. The fourth-order valence-corrected chi connectivity index (χ4v) is 2.58. The third-order valence-corrected chi connectivity index (χ3v) is 3.87. The number of hydrogen-bond acceptors (Lipinski definition) is 4. The molecule has 0 aromatic heterocycles. The van der Waals surface area contributed by atoms with Gasteiger partial charge in [0.2, 0.25) is 0 Å². The highest BCUT2D eigenvalue weighted by atomic mass is 79.9. The summed E-state index contributed by atoms with van der Waals surface area (Å²) in [4.78, 5) is 11.8. The molecule has 0 saturated carbocycles. The molecular formula is C17H18BrN3O2. The van der Waals surface area contributed by atoms with Crippen LogP contribution >= 0.6 is 15.9 Å². The number of aromatic hydroxyl groups is 1. The Balaban J connectivity index is 1.88. The van der Waals surface area contributed by atoms with Crippen LogP contribution in [0.4, 0.5) is 5.69 Å².